The second-order valence-corrected chi connectivity index (χ2v) is 7.80. The second-order valence-electron chi connectivity index (χ2n) is 7.80. The van der Waals surface area contributed by atoms with Gasteiger partial charge in [0, 0.05) is 25.0 Å². The van der Waals surface area contributed by atoms with Crippen molar-refractivity contribution in [2.75, 3.05) is 0 Å². The van der Waals surface area contributed by atoms with Crippen molar-refractivity contribution in [1.29, 1.82) is 0 Å². The Hall–Kier alpha value is -1.41. The maximum absolute atomic E-state index is 14.4. The molecule has 2 fully saturated rings. The van der Waals surface area contributed by atoms with E-state index in [0.717, 1.165) is 0 Å². The summed E-state index contributed by atoms with van der Waals surface area (Å²) < 4.78 is 72.7. The van der Waals surface area contributed by atoms with E-state index in [-0.39, 0.29) is 24.7 Å². The number of halogens is 5. The van der Waals surface area contributed by atoms with Gasteiger partial charge >= 0.3 is 6.11 Å². The summed E-state index contributed by atoms with van der Waals surface area (Å²) in [7, 11) is 0. The summed E-state index contributed by atoms with van der Waals surface area (Å²) in [6, 6.07) is 0.825. The molecule has 0 saturated heterocycles. The first-order valence-electron chi connectivity index (χ1n) is 10.2. The molecular formula is C21H29F5O3. The highest BCUT2D eigenvalue weighted by molar-refractivity contribution is 5.25. The summed E-state index contributed by atoms with van der Waals surface area (Å²) in [5.41, 5.74) is 0. The molecule has 2 N–H and O–H groups in total. The van der Waals surface area contributed by atoms with Gasteiger partial charge in [0.15, 0.2) is 23.2 Å². The third-order valence-electron chi connectivity index (χ3n) is 5.96. The van der Waals surface area contributed by atoms with Crippen molar-refractivity contribution in [3.8, 4) is 5.75 Å². The molecular weight excluding hydrogens is 395 g/mol. The van der Waals surface area contributed by atoms with Crippen molar-refractivity contribution >= 4 is 0 Å². The van der Waals surface area contributed by atoms with Crippen molar-refractivity contribution in [2.24, 2.45) is 17.8 Å². The second kappa shape index (κ2) is 9.60. The Bertz CT molecular complexity index is 639. The van der Waals surface area contributed by atoms with Crippen LogP contribution in [0.4, 0.5) is 22.0 Å². The van der Waals surface area contributed by atoms with Gasteiger partial charge in [-0.1, -0.05) is 13.8 Å². The Morgan fingerprint density at radius 2 is 1.31 bits per heavy atom. The topological polar surface area (TPSA) is 49.7 Å². The van der Waals surface area contributed by atoms with E-state index >= 15 is 0 Å². The predicted molar refractivity (Wildman–Crippen MR) is 97.8 cm³/mol. The number of aliphatic hydroxyl groups is 2. The van der Waals surface area contributed by atoms with Gasteiger partial charge in [0.25, 0.3) is 0 Å². The predicted octanol–water partition coefficient (Wildman–Crippen LogP) is 5.78. The van der Waals surface area contributed by atoms with E-state index in [1.165, 1.54) is 0 Å². The minimum atomic E-state index is -3.61. The highest BCUT2D eigenvalue weighted by atomic mass is 19.3. The van der Waals surface area contributed by atoms with Crippen molar-refractivity contribution in [3.05, 3.63) is 29.6 Å². The van der Waals surface area contributed by atoms with E-state index in [1.54, 1.807) is 0 Å². The summed E-state index contributed by atoms with van der Waals surface area (Å²) in [5.74, 6) is -7.81. The summed E-state index contributed by atoms with van der Waals surface area (Å²) in [4.78, 5) is 0. The summed E-state index contributed by atoms with van der Waals surface area (Å²) in [6.45, 7) is 4.00. The molecule has 0 atom stereocenters. The minimum Gasteiger partial charge on any atom is -0.432 e. The summed E-state index contributed by atoms with van der Waals surface area (Å²) in [5, 5.41) is 19.2. The van der Waals surface area contributed by atoms with Gasteiger partial charge in [-0.25, -0.2) is 13.2 Å². The molecule has 2 saturated carbocycles. The molecule has 0 aliphatic heterocycles. The molecule has 2 aliphatic carbocycles. The molecule has 8 heteroatoms. The first kappa shape index (κ1) is 23.9. The fourth-order valence-corrected chi connectivity index (χ4v) is 4.33. The van der Waals surface area contributed by atoms with Gasteiger partial charge in [0.2, 0.25) is 0 Å². The molecule has 29 heavy (non-hydrogen) atoms. The first-order valence-corrected chi connectivity index (χ1v) is 10.2. The van der Waals surface area contributed by atoms with E-state index in [1.807, 2.05) is 13.8 Å². The summed E-state index contributed by atoms with van der Waals surface area (Å²) >= 11 is 0. The van der Waals surface area contributed by atoms with E-state index < -0.39 is 41.0 Å². The molecule has 166 valence electrons. The van der Waals surface area contributed by atoms with Gasteiger partial charge in [-0.3, -0.25) is 0 Å². The van der Waals surface area contributed by atoms with E-state index in [2.05, 4.69) is 4.74 Å². The maximum Gasteiger partial charge on any atom is 0.400 e. The van der Waals surface area contributed by atoms with Gasteiger partial charge in [-0.05, 0) is 50.4 Å². The average molecular weight is 424 g/mol. The molecule has 0 bridgehead atoms. The van der Waals surface area contributed by atoms with Gasteiger partial charge in [0.05, 0.1) is 5.92 Å². The van der Waals surface area contributed by atoms with Crippen LogP contribution in [0.25, 0.3) is 0 Å². The zero-order valence-corrected chi connectivity index (χ0v) is 16.7. The molecule has 2 aliphatic rings. The third-order valence-corrected chi connectivity index (χ3v) is 5.96. The molecule has 0 unspecified atom stereocenters. The zero-order chi connectivity index (χ0) is 21.8. The molecule has 0 radical (unpaired) electrons. The van der Waals surface area contributed by atoms with Crippen LogP contribution in [-0.2, 0) is 0 Å². The number of alkyl halides is 2. The standard InChI is InChI=1S/C19H23F5O3.C2H6/c20-15-9-14(10-16(21)17(15)22)27-19(23,24)13-3-1-11(2-4-13)12-5-7-18(25,26)8-6-12;1-2/h9-13,25-26H,1-8H2;1-2H3. The van der Waals surface area contributed by atoms with Crippen molar-refractivity contribution in [2.45, 2.75) is 77.1 Å². The van der Waals surface area contributed by atoms with Crippen molar-refractivity contribution in [1.82, 2.24) is 0 Å². The van der Waals surface area contributed by atoms with Crippen LogP contribution in [0.15, 0.2) is 12.1 Å². The Morgan fingerprint density at radius 1 is 0.862 bits per heavy atom. The van der Waals surface area contributed by atoms with Gasteiger partial charge in [0.1, 0.15) is 5.75 Å². The average Bonchev–Trinajstić information content (AvgIpc) is 2.67. The lowest BCUT2D eigenvalue weighted by atomic mass is 9.70. The Labute approximate surface area is 167 Å². The molecule has 3 nitrogen and oxygen atoms in total. The van der Waals surface area contributed by atoms with E-state index in [0.29, 0.717) is 50.7 Å². The number of rotatable bonds is 4. The van der Waals surface area contributed by atoms with Crippen LogP contribution in [-0.4, -0.2) is 22.1 Å². The Balaban J connectivity index is 0.00000145. The monoisotopic (exact) mass is 424 g/mol. The van der Waals surface area contributed by atoms with Crippen LogP contribution in [0.2, 0.25) is 0 Å². The Kier molecular flexibility index (Phi) is 7.90. The molecule has 3 rings (SSSR count). The highest BCUT2D eigenvalue weighted by Crippen LogP contribution is 2.45. The lowest BCUT2D eigenvalue weighted by Gasteiger charge is -2.40. The van der Waals surface area contributed by atoms with Crippen LogP contribution in [0, 0.1) is 35.2 Å². The normalized spacial score (nSPS) is 25.1. The number of ether oxygens (including phenoxy) is 1. The fourth-order valence-electron chi connectivity index (χ4n) is 4.33. The van der Waals surface area contributed by atoms with Crippen LogP contribution in [0.5, 0.6) is 5.75 Å². The number of hydrogen-bond donors (Lipinski definition) is 2. The maximum atomic E-state index is 14.4. The molecule has 0 aromatic heterocycles. The quantitative estimate of drug-likeness (QED) is 0.366. The van der Waals surface area contributed by atoms with Crippen molar-refractivity contribution in [3.63, 3.8) is 0 Å². The lowest BCUT2D eigenvalue weighted by Crippen LogP contribution is -2.40. The van der Waals surface area contributed by atoms with Crippen LogP contribution < -0.4 is 4.74 Å². The minimum absolute atomic E-state index is 0.198. The number of hydrogen-bond acceptors (Lipinski definition) is 3. The molecule has 1 aromatic carbocycles. The smallest absolute Gasteiger partial charge is 0.400 e. The molecule has 0 heterocycles. The van der Waals surface area contributed by atoms with Gasteiger partial charge < -0.3 is 14.9 Å². The summed E-state index contributed by atoms with van der Waals surface area (Å²) in [6.07, 6.45) is -0.203. The Morgan fingerprint density at radius 3 is 1.79 bits per heavy atom. The van der Waals surface area contributed by atoms with Crippen LogP contribution in [0.3, 0.4) is 0 Å². The molecule has 1 aromatic rings. The zero-order valence-electron chi connectivity index (χ0n) is 16.7. The van der Waals surface area contributed by atoms with Crippen LogP contribution >= 0.6 is 0 Å². The molecule has 0 spiro atoms. The van der Waals surface area contributed by atoms with E-state index in [4.69, 9.17) is 0 Å². The first-order chi connectivity index (χ1) is 13.6. The molecule has 0 amide bonds. The highest BCUT2D eigenvalue weighted by Gasteiger charge is 2.45. The lowest BCUT2D eigenvalue weighted by molar-refractivity contribution is -0.225. The van der Waals surface area contributed by atoms with Gasteiger partial charge in [-0.15, -0.1) is 0 Å². The number of benzene rings is 1. The van der Waals surface area contributed by atoms with Crippen LogP contribution in [0.1, 0.15) is 65.2 Å². The third kappa shape index (κ3) is 6.04. The van der Waals surface area contributed by atoms with E-state index in [9.17, 15) is 32.2 Å². The van der Waals surface area contributed by atoms with Crippen molar-refractivity contribution < 1.29 is 36.9 Å². The SMILES string of the molecule is CC.OC1(O)CCC(C2CCC(C(F)(F)Oc3cc(F)c(F)c(F)c3)CC2)CC1. The van der Waals surface area contributed by atoms with Gasteiger partial charge in [-0.2, -0.15) is 8.78 Å². The largest absolute Gasteiger partial charge is 0.432 e. The fraction of sp³-hybridized carbons (Fsp3) is 0.714.